The average Bonchev–Trinajstić information content (AvgIpc) is 2.81. The summed E-state index contributed by atoms with van der Waals surface area (Å²) in [5, 5.41) is 15.2. The molecule has 2 aromatic rings. The Labute approximate surface area is 163 Å². The number of nitrogens with zero attached hydrogens (tertiary/aromatic N) is 2. The standard InChI is InChI=1S/C23H34N2O2/c1-22(2,3)15-18(26)10-7-11-19-21(16-8-6-9-16)20-14-17(23(4,5)27)12-13-25(20)24-19/h12-14,16,27H,6-11,15H2,1-5H3. The van der Waals surface area contributed by atoms with Crippen LogP contribution < -0.4 is 0 Å². The minimum Gasteiger partial charge on any atom is -0.386 e. The van der Waals surface area contributed by atoms with Gasteiger partial charge in [-0.15, -0.1) is 0 Å². The van der Waals surface area contributed by atoms with Gasteiger partial charge in [-0.3, -0.25) is 4.79 Å². The minimum atomic E-state index is -0.859. The van der Waals surface area contributed by atoms with E-state index in [0.29, 0.717) is 24.5 Å². The number of hydrogen-bond donors (Lipinski definition) is 1. The quantitative estimate of drug-likeness (QED) is 0.732. The molecule has 0 saturated heterocycles. The molecule has 2 aromatic heterocycles. The Morgan fingerprint density at radius 1 is 1.26 bits per heavy atom. The first-order valence-electron chi connectivity index (χ1n) is 10.3. The lowest BCUT2D eigenvalue weighted by Gasteiger charge is -2.26. The van der Waals surface area contributed by atoms with Crippen molar-refractivity contribution in [2.75, 3.05) is 0 Å². The molecule has 27 heavy (non-hydrogen) atoms. The highest BCUT2D eigenvalue weighted by atomic mass is 16.3. The molecule has 1 aliphatic rings. The van der Waals surface area contributed by atoms with Crippen LogP contribution in [0.25, 0.3) is 5.52 Å². The van der Waals surface area contributed by atoms with Gasteiger partial charge in [0, 0.05) is 24.6 Å². The van der Waals surface area contributed by atoms with Crippen molar-refractivity contribution >= 4 is 11.3 Å². The number of carbonyl (C=O) groups is 1. The number of fused-ring (bicyclic) bond motifs is 1. The van der Waals surface area contributed by atoms with Gasteiger partial charge in [-0.2, -0.15) is 5.10 Å². The molecule has 0 radical (unpaired) electrons. The van der Waals surface area contributed by atoms with Gasteiger partial charge in [-0.25, -0.2) is 4.52 Å². The summed E-state index contributed by atoms with van der Waals surface area (Å²) in [7, 11) is 0. The van der Waals surface area contributed by atoms with Crippen molar-refractivity contribution in [1.29, 1.82) is 0 Å². The van der Waals surface area contributed by atoms with Crippen LogP contribution in [0.15, 0.2) is 18.3 Å². The van der Waals surface area contributed by atoms with E-state index < -0.39 is 5.60 Å². The Hall–Kier alpha value is -1.68. The predicted octanol–water partition coefficient (Wildman–Crippen LogP) is 5.16. The monoisotopic (exact) mass is 370 g/mol. The normalized spacial score (nSPS) is 15.9. The maximum atomic E-state index is 12.2. The number of hydrogen-bond acceptors (Lipinski definition) is 3. The molecule has 0 unspecified atom stereocenters. The number of aromatic nitrogens is 2. The van der Waals surface area contributed by atoms with Crippen molar-refractivity contribution in [3.8, 4) is 0 Å². The van der Waals surface area contributed by atoms with Crippen molar-refractivity contribution in [1.82, 2.24) is 9.61 Å². The molecule has 0 atom stereocenters. The van der Waals surface area contributed by atoms with E-state index in [2.05, 4.69) is 26.8 Å². The molecule has 0 amide bonds. The van der Waals surface area contributed by atoms with Gasteiger partial charge in [0.05, 0.1) is 16.8 Å². The van der Waals surface area contributed by atoms with Crippen LogP contribution >= 0.6 is 0 Å². The summed E-state index contributed by atoms with van der Waals surface area (Å²) in [5.41, 5.74) is 3.72. The second-order valence-electron chi connectivity index (χ2n) is 9.92. The molecule has 0 aliphatic heterocycles. The molecule has 1 N–H and O–H groups in total. The van der Waals surface area contributed by atoms with Crippen molar-refractivity contribution in [3.05, 3.63) is 35.2 Å². The summed E-state index contributed by atoms with van der Waals surface area (Å²) >= 11 is 0. The molecule has 148 valence electrons. The minimum absolute atomic E-state index is 0.0603. The van der Waals surface area contributed by atoms with Crippen LogP contribution in [0.2, 0.25) is 0 Å². The molecule has 0 bridgehead atoms. The van der Waals surface area contributed by atoms with Gasteiger partial charge in [-0.05, 0) is 68.6 Å². The zero-order valence-corrected chi connectivity index (χ0v) is 17.5. The molecule has 4 nitrogen and oxygen atoms in total. The van der Waals surface area contributed by atoms with E-state index >= 15 is 0 Å². The number of aliphatic hydroxyl groups is 1. The second kappa shape index (κ2) is 7.38. The van der Waals surface area contributed by atoms with E-state index in [1.165, 1.54) is 24.8 Å². The lowest BCUT2D eigenvalue weighted by atomic mass is 9.78. The van der Waals surface area contributed by atoms with E-state index in [1.807, 2.05) is 30.6 Å². The summed E-state index contributed by atoms with van der Waals surface area (Å²) < 4.78 is 1.95. The van der Waals surface area contributed by atoms with Gasteiger partial charge in [0.2, 0.25) is 0 Å². The summed E-state index contributed by atoms with van der Waals surface area (Å²) in [5.74, 6) is 0.917. The van der Waals surface area contributed by atoms with Crippen LogP contribution in [0, 0.1) is 5.41 Å². The first-order valence-corrected chi connectivity index (χ1v) is 10.3. The highest BCUT2D eigenvalue weighted by Gasteiger charge is 2.28. The molecule has 0 spiro atoms. The molecule has 1 aliphatic carbocycles. The fraction of sp³-hybridized carbons (Fsp3) is 0.652. The Morgan fingerprint density at radius 2 is 1.96 bits per heavy atom. The predicted molar refractivity (Wildman–Crippen MR) is 109 cm³/mol. The molecular weight excluding hydrogens is 336 g/mol. The zero-order chi connectivity index (χ0) is 19.8. The molecule has 0 aromatic carbocycles. The Morgan fingerprint density at radius 3 is 2.52 bits per heavy atom. The number of ketones is 1. The second-order valence-corrected chi connectivity index (χ2v) is 9.92. The molecule has 3 rings (SSSR count). The highest BCUT2D eigenvalue weighted by Crippen LogP contribution is 2.41. The number of aryl methyl sites for hydroxylation is 1. The SMILES string of the molecule is CC(C)(C)CC(=O)CCCc1nn2ccc(C(C)(C)O)cc2c1C1CCC1. The smallest absolute Gasteiger partial charge is 0.133 e. The van der Waals surface area contributed by atoms with Crippen molar-refractivity contribution in [3.63, 3.8) is 0 Å². The van der Waals surface area contributed by atoms with Crippen molar-refractivity contribution in [2.24, 2.45) is 5.41 Å². The van der Waals surface area contributed by atoms with Gasteiger partial charge < -0.3 is 5.11 Å². The van der Waals surface area contributed by atoms with E-state index in [9.17, 15) is 9.90 Å². The topological polar surface area (TPSA) is 54.6 Å². The fourth-order valence-electron chi connectivity index (χ4n) is 3.95. The number of carbonyl (C=O) groups excluding carboxylic acids is 1. The Balaban J connectivity index is 1.81. The maximum absolute atomic E-state index is 12.2. The van der Waals surface area contributed by atoms with Gasteiger partial charge in [-0.1, -0.05) is 27.2 Å². The Kier molecular flexibility index (Phi) is 5.49. The van der Waals surface area contributed by atoms with Crippen LogP contribution in [-0.4, -0.2) is 20.5 Å². The number of pyridine rings is 1. The molecular formula is C23H34N2O2. The molecule has 4 heteroatoms. The van der Waals surface area contributed by atoms with Crippen molar-refractivity contribution < 1.29 is 9.90 Å². The zero-order valence-electron chi connectivity index (χ0n) is 17.5. The van der Waals surface area contributed by atoms with Gasteiger partial charge in [0.1, 0.15) is 5.78 Å². The lowest BCUT2D eigenvalue weighted by molar-refractivity contribution is -0.120. The summed E-state index contributed by atoms with van der Waals surface area (Å²) in [6, 6.07) is 4.04. The van der Waals surface area contributed by atoms with Crippen LogP contribution in [0.1, 0.15) is 95.9 Å². The van der Waals surface area contributed by atoms with Crippen LogP contribution in [0.3, 0.4) is 0 Å². The molecule has 1 fully saturated rings. The molecule has 2 heterocycles. The van der Waals surface area contributed by atoms with Crippen LogP contribution in [0.5, 0.6) is 0 Å². The fourth-order valence-corrected chi connectivity index (χ4v) is 3.95. The summed E-state index contributed by atoms with van der Waals surface area (Å²) in [6.07, 6.45) is 8.63. The summed E-state index contributed by atoms with van der Waals surface area (Å²) in [4.78, 5) is 12.2. The third kappa shape index (κ3) is 4.78. The molecule has 1 saturated carbocycles. The number of Topliss-reactive ketones (excluding diaryl/α,β-unsaturated/α-hetero) is 1. The third-order valence-corrected chi connectivity index (χ3v) is 5.57. The van der Waals surface area contributed by atoms with Crippen LogP contribution in [-0.2, 0) is 16.8 Å². The van der Waals surface area contributed by atoms with Gasteiger partial charge in [0.25, 0.3) is 0 Å². The van der Waals surface area contributed by atoms with Crippen LogP contribution in [0.4, 0.5) is 0 Å². The first-order chi connectivity index (χ1) is 12.5. The lowest BCUT2D eigenvalue weighted by Crippen LogP contribution is -2.16. The highest BCUT2D eigenvalue weighted by molar-refractivity contribution is 5.79. The third-order valence-electron chi connectivity index (χ3n) is 5.57. The summed E-state index contributed by atoms with van der Waals surface area (Å²) in [6.45, 7) is 9.98. The average molecular weight is 371 g/mol. The van der Waals surface area contributed by atoms with E-state index in [1.54, 1.807) is 0 Å². The van der Waals surface area contributed by atoms with E-state index in [-0.39, 0.29) is 5.41 Å². The van der Waals surface area contributed by atoms with Gasteiger partial charge >= 0.3 is 0 Å². The first kappa shape index (κ1) is 20.1. The Bertz CT molecular complexity index is 817. The van der Waals surface area contributed by atoms with E-state index in [4.69, 9.17) is 5.10 Å². The largest absolute Gasteiger partial charge is 0.386 e. The maximum Gasteiger partial charge on any atom is 0.133 e. The van der Waals surface area contributed by atoms with Crippen molar-refractivity contribution in [2.45, 2.75) is 91.1 Å². The number of rotatable bonds is 7. The van der Waals surface area contributed by atoms with Gasteiger partial charge in [0.15, 0.2) is 0 Å². The van der Waals surface area contributed by atoms with E-state index in [0.717, 1.165) is 29.6 Å².